The SMILES string of the molecule is CC(NOCC(F)(F)F)c1ccc(Cl)c(Cl)c1. The highest BCUT2D eigenvalue weighted by molar-refractivity contribution is 6.42. The normalized spacial score (nSPS) is 13.8. The van der Waals surface area contributed by atoms with Crippen LogP contribution in [0.15, 0.2) is 18.2 Å². The summed E-state index contributed by atoms with van der Waals surface area (Å²) in [7, 11) is 0. The van der Waals surface area contributed by atoms with E-state index >= 15 is 0 Å². The van der Waals surface area contributed by atoms with E-state index < -0.39 is 18.8 Å². The molecule has 0 bridgehead atoms. The molecule has 0 saturated carbocycles. The Morgan fingerprint density at radius 2 is 1.94 bits per heavy atom. The Kier molecular flexibility index (Phi) is 5.06. The summed E-state index contributed by atoms with van der Waals surface area (Å²) in [5.74, 6) is 0. The molecule has 0 heterocycles. The number of benzene rings is 1. The van der Waals surface area contributed by atoms with Crippen LogP contribution in [-0.4, -0.2) is 12.8 Å². The fourth-order valence-electron chi connectivity index (χ4n) is 1.10. The quantitative estimate of drug-likeness (QED) is 0.841. The minimum atomic E-state index is -4.36. The van der Waals surface area contributed by atoms with Gasteiger partial charge in [0, 0.05) is 0 Å². The Balaban J connectivity index is 2.52. The molecule has 1 unspecified atom stereocenters. The van der Waals surface area contributed by atoms with Crippen molar-refractivity contribution in [3.63, 3.8) is 0 Å². The average molecular weight is 288 g/mol. The maximum atomic E-state index is 11.8. The third-order valence-corrected chi connectivity index (χ3v) is 2.68. The molecule has 2 nitrogen and oxygen atoms in total. The molecule has 17 heavy (non-hydrogen) atoms. The summed E-state index contributed by atoms with van der Waals surface area (Å²) in [5, 5.41) is 0.729. The lowest BCUT2D eigenvalue weighted by Gasteiger charge is -2.15. The molecule has 1 rings (SSSR count). The van der Waals surface area contributed by atoms with Gasteiger partial charge in [-0.25, -0.2) is 0 Å². The molecule has 1 atom stereocenters. The summed E-state index contributed by atoms with van der Waals surface area (Å²) >= 11 is 11.5. The molecule has 1 aromatic rings. The molecule has 0 fully saturated rings. The zero-order chi connectivity index (χ0) is 13.1. The summed E-state index contributed by atoms with van der Waals surface area (Å²) in [6.45, 7) is 0.300. The van der Waals surface area contributed by atoms with Crippen molar-refractivity contribution in [3.8, 4) is 0 Å². The van der Waals surface area contributed by atoms with Gasteiger partial charge in [-0.1, -0.05) is 29.3 Å². The van der Waals surface area contributed by atoms with Crippen LogP contribution in [-0.2, 0) is 4.84 Å². The highest BCUT2D eigenvalue weighted by Crippen LogP contribution is 2.25. The van der Waals surface area contributed by atoms with E-state index in [4.69, 9.17) is 23.2 Å². The molecule has 0 saturated heterocycles. The van der Waals surface area contributed by atoms with Crippen LogP contribution < -0.4 is 5.48 Å². The first kappa shape index (κ1) is 14.6. The predicted molar refractivity (Wildman–Crippen MR) is 60.0 cm³/mol. The van der Waals surface area contributed by atoms with Gasteiger partial charge >= 0.3 is 6.18 Å². The van der Waals surface area contributed by atoms with E-state index in [0.717, 1.165) is 0 Å². The Morgan fingerprint density at radius 3 is 2.47 bits per heavy atom. The zero-order valence-electron chi connectivity index (χ0n) is 8.81. The fraction of sp³-hybridized carbons (Fsp3) is 0.400. The van der Waals surface area contributed by atoms with Gasteiger partial charge < -0.3 is 0 Å². The highest BCUT2D eigenvalue weighted by Gasteiger charge is 2.28. The van der Waals surface area contributed by atoms with E-state index in [-0.39, 0.29) is 0 Å². The van der Waals surface area contributed by atoms with Gasteiger partial charge in [0.15, 0.2) is 6.61 Å². The third kappa shape index (κ3) is 5.12. The van der Waals surface area contributed by atoms with Gasteiger partial charge in [0.25, 0.3) is 0 Å². The lowest BCUT2D eigenvalue weighted by molar-refractivity contribution is -0.192. The lowest BCUT2D eigenvalue weighted by Crippen LogP contribution is -2.26. The fourth-order valence-corrected chi connectivity index (χ4v) is 1.40. The van der Waals surface area contributed by atoms with Gasteiger partial charge in [-0.15, -0.1) is 0 Å². The van der Waals surface area contributed by atoms with E-state index in [1.54, 1.807) is 25.1 Å². The molecule has 1 aromatic carbocycles. The summed E-state index contributed by atoms with van der Waals surface area (Å²) in [5.41, 5.74) is 2.96. The highest BCUT2D eigenvalue weighted by atomic mass is 35.5. The van der Waals surface area contributed by atoms with Crippen molar-refractivity contribution in [2.75, 3.05) is 6.61 Å². The number of rotatable bonds is 4. The van der Waals surface area contributed by atoms with Crippen LogP contribution in [0.5, 0.6) is 0 Å². The molecule has 0 radical (unpaired) electrons. The van der Waals surface area contributed by atoms with E-state index in [0.29, 0.717) is 15.6 Å². The van der Waals surface area contributed by atoms with Gasteiger partial charge in [-0.05, 0) is 24.6 Å². The maximum Gasteiger partial charge on any atom is 0.413 e. The van der Waals surface area contributed by atoms with Crippen LogP contribution >= 0.6 is 23.2 Å². The Bertz CT molecular complexity index is 384. The molecule has 0 aromatic heterocycles. The number of hydrogen-bond acceptors (Lipinski definition) is 2. The first-order valence-electron chi connectivity index (χ1n) is 4.68. The van der Waals surface area contributed by atoms with Crippen LogP contribution in [0.4, 0.5) is 13.2 Å². The molecule has 0 aliphatic carbocycles. The number of alkyl halides is 3. The van der Waals surface area contributed by atoms with E-state index in [1.165, 1.54) is 0 Å². The summed E-state index contributed by atoms with van der Waals surface area (Å²) in [6.07, 6.45) is -4.36. The topological polar surface area (TPSA) is 21.3 Å². The molecule has 0 aliphatic rings. The van der Waals surface area contributed by atoms with Crippen molar-refractivity contribution in [3.05, 3.63) is 33.8 Å². The minimum Gasteiger partial charge on any atom is -0.292 e. The summed E-state index contributed by atoms with van der Waals surface area (Å²) in [4.78, 5) is 4.33. The van der Waals surface area contributed by atoms with E-state index in [1.807, 2.05) is 0 Å². The Morgan fingerprint density at radius 1 is 1.29 bits per heavy atom. The number of halogens is 5. The van der Waals surface area contributed by atoms with Gasteiger partial charge in [-0.3, -0.25) is 4.84 Å². The second-order valence-electron chi connectivity index (χ2n) is 3.42. The molecular formula is C10H10Cl2F3NO. The predicted octanol–water partition coefficient (Wildman–Crippen LogP) is 4.14. The zero-order valence-corrected chi connectivity index (χ0v) is 10.3. The summed E-state index contributed by atoms with van der Waals surface area (Å²) < 4.78 is 35.5. The molecule has 0 aliphatic heterocycles. The molecular weight excluding hydrogens is 278 g/mol. The third-order valence-electron chi connectivity index (χ3n) is 1.94. The number of hydroxylamine groups is 1. The molecule has 1 N–H and O–H groups in total. The van der Waals surface area contributed by atoms with Crippen LogP contribution in [0.25, 0.3) is 0 Å². The van der Waals surface area contributed by atoms with Crippen molar-refractivity contribution in [1.29, 1.82) is 0 Å². The van der Waals surface area contributed by atoms with E-state index in [9.17, 15) is 13.2 Å². The molecule has 96 valence electrons. The van der Waals surface area contributed by atoms with Crippen molar-refractivity contribution in [2.24, 2.45) is 0 Å². The van der Waals surface area contributed by atoms with Gasteiger partial charge in [0.2, 0.25) is 0 Å². The first-order valence-corrected chi connectivity index (χ1v) is 5.44. The van der Waals surface area contributed by atoms with Crippen molar-refractivity contribution >= 4 is 23.2 Å². The first-order chi connectivity index (χ1) is 7.79. The number of hydrogen-bond donors (Lipinski definition) is 1. The van der Waals surface area contributed by atoms with Gasteiger partial charge in [0.1, 0.15) is 0 Å². The molecule has 7 heteroatoms. The van der Waals surface area contributed by atoms with Crippen molar-refractivity contribution < 1.29 is 18.0 Å². The van der Waals surface area contributed by atoms with E-state index in [2.05, 4.69) is 10.3 Å². The molecule has 0 spiro atoms. The Labute approximate surface area is 107 Å². The van der Waals surface area contributed by atoms with Crippen LogP contribution in [0.3, 0.4) is 0 Å². The largest absolute Gasteiger partial charge is 0.413 e. The Hall–Kier alpha value is -0.490. The maximum absolute atomic E-state index is 11.8. The standard InChI is InChI=1S/C10H10Cl2F3NO/c1-6(16-17-5-10(13,14)15)7-2-3-8(11)9(12)4-7/h2-4,6,16H,5H2,1H3. The lowest BCUT2D eigenvalue weighted by atomic mass is 10.1. The monoisotopic (exact) mass is 287 g/mol. The minimum absolute atomic E-state index is 0.341. The van der Waals surface area contributed by atoms with Crippen LogP contribution in [0.1, 0.15) is 18.5 Å². The van der Waals surface area contributed by atoms with Crippen molar-refractivity contribution in [1.82, 2.24) is 5.48 Å². The average Bonchev–Trinajstić information content (AvgIpc) is 2.20. The van der Waals surface area contributed by atoms with Gasteiger partial charge in [-0.2, -0.15) is 18.7 Å². The van der Waals surface area contributed by atoms with Crippen molar-refractivity contribution in [2.45, 2.75) is 19.1 Å². The molecule has 0 amide bonds. The second-order valence-corrected chi connectivity index (χ2v) is 4.23. The number of nitrogens with one attached hydrogen (secondary N) is 1. The van der Waals surface area contributed by atoms with Crippen LogP contribution in [0.2, 0.25) is 10.0 Å². The smallest absolute Gasteiger partial charge is 0.292 e. The summed E-state index contributed by atoms with van der Waals surface area (Å²) in [6, 6.07) is 4.37. The van der Waals surface area contributed by atoms with Gasteiger partial charge in [0.05, 0.1) is 16.1 Å². The van der Waals surface area contributed by atoms with Crippen LogP contribution in [0, 0.1) is 0 Å². The second kappa shape index (κ2) is 5.91.